The molecule has 0 heterocycles. The first kappa shape index (κ1) is 15.8. The predicted octanol–water partition coefficient (Wildman–Crippen LogP) is 4.51. The molecule has 0 fully saturated rings. The van der Waals surface area contributed by atoms with Gasteiger partial charge in [-0.05, 0) is 30.0 Å². The molecule has 0 bridgehead atoms. The Balaban J connectivity index is 0.000000557. The monoisotopic (exact) mass is 238 g/mol. The Bertz CT molecular complexity index is 347. The topological polar surface area (TPSA) is 40.5 Å². The van der Waals surface area contributed by atoms with E-state index in [1.54, 1.807) is 19.1 Å². The lowest BCUT2D eigenvalue weighted by Crippen LogP contribution is -2.11. The third-order valence-electron chi connectivity index (χ3n) is 2.62. The zero-order valence-corrected chi connectivity index (χ0v) is 12.0. The molecular formula is C15H26O2. The van der Waals surface area contributed by atoms with Crippen LogP contribution in [0.15, 0.2) is 12.1 Å². The van der Waals surface area contributed by atoms with Crippen LogP contribution in [0.4, 0.5) is 0 Å². The molecule has 0 saturated heterocycles. The molecule has 0 unspecified atom stereocenters. The summed E-state index contributed by atoms with van der Waals surface area (Å²) in [7, 11) is 0. The maximum absolute atomic E-state index is 9.64. The van der Waals surface area contributed by atoms with Crippen molar-refractivity contribution in [3.8, 4) is 11.5 Å². The number of unbranched alkanes of at least 4 members (excludes halogenated alkanes) is 1. The zero-order valence-electron chi connectivity index (χ0n) is 12.0. The van der Waals surface area contributed by atoms with Crippen LogP contribution in [-0.2, 0) is 5.41 Å². The summed E-state index contributed by atoms with van der Waals surface area (Å²) in [4.78, 5) is 0. The molecule has 2 heteroatoms. The molecule has 0 radical (unpaired) electrons. The van der Waals surface area contributed by atoms with Gasteiger partial charge in [-0.25, -0.2) is 0 Å². The fourth-order valence-electron chi connectivity index (χ4n) is 1.28. The van der Waals surface area contributed by atoms with E-state index in [1.807, 2.05) is 20.8 Å². The van der Waals surface area contributed by atoms with Gasteiger partial charge in [0.1, 0.15) is 11.5 Å². The Kier molecular flexibility index (Phi) is 6.08. The molecule has 0 amide bonds. The number of hydrogen-bond donors (Lipinski definition) is 2. The SMILES string of the molecule is CCCC.Cc1cc(O)c(C(C)(C)C)cc1O. The van der Waals surface area contributed by atoms with Crippen molar-refractivity contribution in [2.24, 2.45) is 0 Å². The molecule has 1 rings (SSSR count). The minimum absolute atomic E-state index is 0.144. The Labute approximate surface area is 105 Å². The number of aryl methyl sites for hydroxylation is 1. The number of rotatable bonds is 1. The molecule has 1 aromatic carbocycles. The summed E-state index contributed by atoms with van der Waals surface area (Å²) in [5, 5.41) is 19.1. The number of hydrogen-bond acceptors (Lipinski definition) is 2. The second-order valence-corrected chi connectivity index (χ2v) is 5.41. The molecule has 17 heavy (non-hydrogen) atoms. The molecular weight excluding hydrogens is 212 g/mol. The van der Waals surface area contributed by atoms with E-state index >= 15 is 0 Å². The molecule has 2 nitrogen and oxygen atoms in total. The van der Waals surface area contributed by atoms with Gasteiger partial charge in [-0.3, -0.25) is 0 Å². The fraction of sp³-hybridized carbons (Fsp3) is 0.600. The van der Waals surface area contributed by atoms with E-state index in [0.29, 0.717) is 5.56 Å². The van der Waals surface area contributed by atoms with Crippen molar-refractivity contribution < 1.29 is 10.2 Å². The Morgan fingerprint density at radius 1 is 0.941 bits per heavy atom. The van der Waals surface area contributed by atoms with Gasteiger partial charge >= 0.3 is 0 Å². The molecule has 0 aromatic heterocycles. The van der Waals surface area contributed by atoms with Crippen molar-refractivity contribution in [2.75, 3.05) is 0 Å². The zero-order chi connectivity index (χ0) is 13.6. The molecule has 0 atom stereocenters. The molecule has 2 N–H and O–H groups in total. The highest BCUT2D eigenvalue weighted by Gasteiger charge is 2.19. The van der Waals surface area contributed by atoms with E-state index in [4.69, 9.17) is 0 Å². The van der Waals surface area contributed by atoms with Gasteiger partial charge < -0.3 is 10.2 Å². The third kappa shape index (κ3) is 5.12. The summed E-state index contributed by atoms with van der Waals surface area (Å²) in [5.41, 5.74) is 1.33. The van der Waals surface area contributed by atoms with Crippen LogP contribution in [0.25, 0.3) is 0 Å². The van der Waals surface area contributed by atoms with Gasteiger partial charge in [-0.2, -0.15) is 0 Å². The molecule has 1 aromatic rings. The van der Waals surface area contributed by atoms with E-state index in [1.165, 1.54) is 12.8 Å². The van der Waals surface area contributed by atoms with Crippen LogP contribution in [0, 0.1) is 6.92 Å². The van der Waals surface area contributed by atoms with Crippen LogP contribution in [0.5, 0.6) is 11.5 Å². The maximum Gasteiger partial charge on any atom is 0.119 e. The first-order valence-corrected chi connectivity index (χ1v) is 6.27. The van der Waals surface area contributed by atoms with Gasteiger partial charge in [0.05, 0.1) is 0 Å². The average molecular weight is 238 g/mol. The van der Waals surface area contributed by atoms with E-state index in [9.17, 15) is 10.2 Å². The minimum atomic E-state index is -0.144. The summed E-state index contributed by atoms with van der Waals surface area (Å²) < 4.78 is 0. The number of phenolic OH excluding ortho intramolecular Hbond substituents is 2. The summed E-state index contributed by atoms with van der Waals surface area (Å²) in [5.74, 6) is 0.491. The Morgan fingerprint density at radius 3 is 1.76 bits per heavy atom. The normalized spacial score (nSPS) is 10.7. The molecule has 98 valence electrons. The highest BCUT2D eigenvalue weighted by atomic mass is 16.3. The average Bonchev–Trinajstić information content (AvgIpc) is 2.22. The van der Waals surface area contributed by atoms with Gasteiger partial charge in [0.25, 0.3) is 0 Å². The summed E-state index contributed by atoms with van der Waals surface area (Å²) >= 11 is 0. The summed E-state index contributed by atoms with van der Waals surface area (Å²) in [6, 6.07) is 3.22. The van der Waals surface area contributed by atoms with Crippen molar-refractivity contribution in [2.45, 2.75) is 59.8 Å². The molecule has 0 saturated carbocycles. The maximum atomic E-state index is 9.64. The molecule has 0 aliphatic carbocycles. The minimum Gasteiger partial charge on any atom is -0.508 e. The van der Waals surface area contributed by atoms with Crippen molar-refractivity contribution in [3.05, 3.63) is 23.3 Å². The summed E-state index contributed by atoms with van der Waals surface area (Å²) in [6.45, 7) is 12.1. The lowest BCUT2D eigenvalue weighted by atomic mass is 9.85. The van der Waals surface area contributed by atoms with E-state index in [-0.39, 0.29) is 16.9 Å². The van der Waals surface area contributed by atoms with E-state index < -0.39 is 0 Å². The molecule has 0 spiro atoms. The van der Waals surface area contributed by atoms with Gasteiger partial charge in [0, 0.05) is 5.56 Å². The lowest BCUT2D eigenvalue weighted by Gasteiger charge is -2.21. The van der Waals surface area contributed by atoms with Crippen molar-refractivity contribution in [1.82, 2.24) is 0 Å². The molecule has 0 aliphatic rings. The van der Waals surface area contributed by atoms with Crippen LogP contribution < -0.4 is 0 Å². The van der Waals surface area contributed by atoms with Crippen LogP contribution >= 0.6 is 0 Å². The Hall–Kier alpha value is -1.18. The predicted molar refractivity (Wildman–Crippen MR) is 73.8 cm³/mol. The number of phenols is 2. The van der Waals surface area contributed by atoms with Gasteiger partial charge in [0.15, 0.2) is 0 Å². The fourth-order valence-corrected chi connectivity index (χ4v) is 1.28. The van der Waals surface area contributed by atoms with Crippen LogP contribution in [0.1, 0.15) is 58.6 Å². The first-order chi connectivity index (χ1) is 7.73. The highest BCUT2D eigenvalue weighted by molar-refractivity contribution is 5.47. The summed E-state index contributed by atoms with van der Waals surface area (Å²) in [6.07, 6.45) is 2.64. The standard InChI is InChI=1S/C11H16O2.C4H10/c1-7-5-10(13)8(6-9(7)12)11(2,3)4;1-3-4-2/h5-6,12-13H,1-4H3;3-4H2,1-2H3. The van der Waals surface area contributed by atoms with Crippen LogP contribution in [-0.4, -0.2) is 10.2 Å². The van der Waals surface area contributed by atoms with Crippen LogP contribution in [0.2, 0.25) is 0 Å². The lowest BCUT2D eigenvalue weighted by molar-refractivity contribution is 0.433. The van der Waals surface area contributed by atoms with Crippen LogP contribution in [0.3, 0.4) is 0 Å². The Morgan fingerprint density at radius 2 is 1.41 bits per heavy atom. The second-order valence-electron chi connectivity index (χ2n) is 5.41. The van der Waals surface area contributed by atoms with Crippen molar-refractivity contribution >= 4 is 0 Å². The quantitative estimate of drug-likeness (QED) is 0.707. The van der Waals surface area contributed by atoms with Crippen molar-refractivity contribution in [3.63, 3.8) is 0 Å². The number of benzene rings is 1. The smallest absolute Gasteiger partial charge is 0.119 e. The van der Waals surface area contributed by atoms with Crippen molar-refractivity contribution in [1.29, 1.82) is 0 Å². The number of aromatic hydroxyl groups is 2. The van der Waals surface area contributed by atoms with Gasteiger partial charge in [0.2, 0.25) is 0 Å². The van der Waals surface area contributed by atoms with Gasteiger partial charge in [-0.15, -0.1) is 0 Å². The highest BCUT2D eigenvalue weighted by Crippen LogP contribution is 2.34. The largest absolute Gasteiger partial charge is 0.508 e. The third-order valence-corrected chi connectivity index (χ3v) is 2.62. The second kappa shape index (κ2) is 6.53. The first-order valence-electron chi connectivity index (χ1n) is 6.27. The van der Waals surface area contributed by atoms with Gasteiger partial charge in [-0.1, -0.05) is 47.5 Å². The molecule has 0 aliphatic heterocycles. The van der Waals surface area contributed by atoms with E-state index in [2.05, 4.69) is 13.8 Å². The van der Waals surface area contributed by atoms with E-state index in [0.717, 1.165) is 5.56 Å².